The maximum absolute atomic E-state index is 13.0. The van der Waals surface area contributed by atoms with Gasteiger partial charge in [0.05, 0.1) is 38.7 Å². The number of nitriles is 1. The highest BCUT2D eigenvalue weighted by Gasteiger charge is 2.21. The van der Waals surface area contributed by atoms with Crippen LogP contribution < -0.4 is 5.32 Å². The molecule has 4 aromatic heterocycles. The van der Waals surface area contributed by atoms with Crippen LogP contribution in [-0.4, -0.2) is 35.6 Å². The zero-order chi connectivity index (χ0) is 27.1. The predicted octanol–water partition coefficient (Wildman–Crippen LogP) is 5.28. The van der Waals surface area contributed by atoms with E-state index in [0.29, 0.717) is 51.3 Å². The van der Waals surface area contributed by atoms with E-state index in [1.807, 2.05) is 6.92 Å². The molecule has 0 spiro atoms. The van der Waals surface area contributed by atoms with Gasteiger partial charge in [-0.2, -0.15) is 10.4 Å². The van der Waals surface area contributed by atoms with Gasteiger partial charge in [-0.15, -0.1) is 0 Å². The number of nitrogens with zero attached hydrogens (tertiary/aromatic N) is 7. The molecule has 6 aromatic rings. The van der Waals surface area contributed by atoms with Gasteiger partial charge >= 0.3 is 5.00 Å². The van der Waals surface area contributed by atoms with Gasteiger partial charge in [0.2, 0.25) is 0 Å². The van der Waals surface area contributed by atoms with Crippen molar-refractivity contribution in [1.29, 1.82) is 5.26 Å². The quantitative estimate of drug-likeness (QED) is 0.220. The Hall–Kier alpha value is -5.48. The Kier molecular flexibility index (Phi) is 5.78. The van der Waals surface area contributed by atoms with E-state index < -0.39 is 10.8 Å². The second-order valence-corrected chi connectivity index (χ2v) is 9.41. The maximum Gasteiger partial charge on any atom is 0.324 e. The van der Waals surface area contributed by atoms with Crippen molar-refractivity contribution in [2.75, 3.05) is 5.32 Å². The van der Waals surface area contributed by atoms with Gasteiger partial charge in [-0.1, -0.05) is 24.3 Å². The molecular weight excluding hydrogens is 520 g/mol. The fraction of sp³-hybridized carbons (Fsp3) is 0.0769. The van der Waals surface area contributed by atoms with Gasteiger partial charge < -0.3 is 9.73 Å². The van der Waals surface area contributed by atoms with Crippen molar-refractivity contribution in [1.82, 2.24) is 24.7 Å². The fourth-order valence-electron chi connectivity index (χ4n) is 4.01. The average molecular weight is 537 g/mol. The van der Waals surface area contributed by atoms with E-state index in [1.54, 1.807) is 47.1 Å². The molecule has 2 aromatic carbocycles. The summed E-state index contributed by atoms with van der Waals surface area (Å²) < 4.78 is 7.27. The number of aryl methyl sites for hydroxylation is 1. The van der Waals surface area contributed by atoms with Crippen LogP contribution >= 0.6 is 11.3 Å². The van der Waals surface area contributed by atoms with Crippen molar-refractivity contribution in [3.05, 3.63) is 87.2 Å². The molecule has 12 nitrogen and oxygen atoms in total. The van der Waals surface area contributed by atoms with Crippen molar-refractivity contribution in [3.63, 3.8) is 0 Å². The molecular formula is C26H16N8O4S. The molecule has 39 heavy (non-hydrogen) atoms. The molecule has 0 bridgehead atoms. The van der Waals surface area contributed by atoms with Crippen LogP contribution in [0.15, 0.2) is 65.2 Å². The topological polar surface area (TPSA) is 166 Å². The number of aromatic nitrogens is 5. The van der Waals surface area contributed by atoms with Crippen LogP contribution in [0.3, 0.4) is 0 Å². The smallest absolute Gasteiger partial charge is 0.324 e. The summed E-state index contributed by atoms with van der Waals surface area (Å²) in [4.78, 5) is 37.6. The summed E-state index contributed by atoms with van der Waals surface area (Å²) in [5, 5.41) is 27.9. The molecule has 6 rings (SSSR count). The second kappa shape index (κ2) is 9.43. The Morgan fingerprint density at radius 3 is 2.82 bits per heavy atom. The standard InChI is InChI=1S/C26H16N8O4S/c1-2-21-29-18-11-15(6-7-19(18)38-21)23-30-24(32-26(35)20-8-9-22(39-20)34(36)37)17-13-28-33(25(17)31-23)16-5-3-4-14(10-16)12-27/h3-11,13H,2H2,1H3,(H,30,31,32,35). The molecule has 0 aliphatic rings. The number of hydrogen-bond donors (Lipinski definition) is 1. The SMILES string of the molecule is CCc1nc2cc(-c3nc(NC(=O)c4ccc([N+](=O)[O-])s4)c4cnn(-c5cccc(C#N)c5)c4n3)ccc2o1. The summed E-state index contributed by atoms with van der Waals surface area (Å²) in [6.45, 7) is 1.95. The minimum absolute atomic E-state index is 0.147. The Morgan fingerprint density at radius 2 is 2.05 bits per heavy atom. The number of anilines is 1. The number of nitrogens with one attached hydrogen (secondary N) is 1. The van der Waals surface area contributed by atoms with Crippen LogP contribution in [0, 0.1) is 21.4 Å². The lowest BCUT2D eigenvalue weighted by Crippen LogP contribution is -2.12. The number of oxazole rings is 1. The van der Waals surface area contributed by atoms with Crippen LogP contribution in [0.4, 0.5) is 10.8 Å². The number of carbonyl (C=O) groups is 1. The number of fused-ring (bicyclic) bond motifs is 2. The third kappa shape index (κ3) is 4.34. The first-order chi connectivity index (χ1) is 18.9. The monoisotopic (exact) mass is 536 g/mol. The first-order valence-electron chi connectivity index (χ1n) is 11.6. The Labute approximate surface area is 223 Å². The van der Waals surface area contributed by atoms with Gasteiger partial charge in [0.25, 0.3) is 5.91 Å². The summed E-state index contributed by atoms with van der Waals surface area (Å²) in [5.74, 6) is 0.508. The summed E-state index contributed by atoms with van der Waals surface area (Å²) in [6, 6.07) is 17.0. The van der Waals surface area contributed by atoms with E-state index in [2.05, 4.69) is 26.5 Å². The molecule has 190 valence electrons. The molecule has 4 heterocycles. The minimum Gasteiger partial charge on any atom is -0.441 e. The molecule has 1 N–H and O–H groups in total. The molecule has 0 atom stereocenters. The van der Waals surface area contributed by atoms with Crippen molar-refractivity contribution in [2.24, 2.45) is 0 Å². The van der Waals surface area contributed by atoms with Crippen LogP contribution in [0.5, 0.6) is 0 Å². The third-order valence-corrected chi connectivity index (χ3v) is 6.90. The van der Waals surface area contributed by atoms with E-state index >= 15 is 0 Å². The van der Waals surface area contributed by atoms with Crippen LogP contribution in [0.25, 0.3) is 39.2 Å². The average Bonchev–Trinajstić information content (AvgIpc) is 3.70. The maximum atomic E-state index is 13.0. The van der Waals surface area contributed by atoms with E-state index in [9.17, 15) is 20.2 Å². The zero-order valence-electron chi connectivity index (χ0n) is 20.2. The lowest BCUT2D eigenvalue weighted by Gasteiger charge is -2.09. The van der Waals surface area contributed by atoms with Crippen molar-refractivity contribution >= 4 is 50.2 Å². The lowest BCUT2D eigenvalue weighted by atomic mass is 10.2. The number of nitro groups is 1. The summed E-state index contributed by atoms with van der Waals surface area (Å²) in [7, 11) is 0. The van der Waals surface area contributed by atoms with Gasteiger partial charge in [-0.3, -0.25) is 14.9 Å². The van der Waals surface area contributed by atoms with Gasteiger partial charge in [-0.25, -0.2) is 19.6 Å². The number of benzene rings is 2. The third-order valence-electron chi connectivity index (χ3n) is 5.87. The molecule has 0 radical (unpaired) electrons. The highest BCUT2D eigenvalue weighted by Crippen LogP contribution is 2.30. The van der Waals surface area contributed by atoms with Crippen LogP contribution in [-0.2, 0) is 6.42 Å². The summed E-state index contributed by atoms with van der Waals surface area (Å²) >= 11 is 0.762. The van der Waals surface area contributed by atoms with E-state index in [1.165, 1.54) is 18.3 Å². The van der Waals surface area contributed by atoms with Gasteiger partial charge in [0, 0.05) is 18.1 Å². The Bertz CT molecular complexity index is 1970. The van der Waals surface area contributed by atoms with E-state index in [4.69, 9.17) is 9.40 Å². The number of thiophene rings is 1. The van der Waals surface area contributed by atoms with Gasteiger partial charge in [0.1, 0.15) is 11.3 Å². The molecule has 0 unspecified atom stereocenters. The van der Waals surface area contributed by atoms with Crippen LogP contribution in [0.1, 0.15) is 28.0 Å². The van der Waals surface area contributed by atoms with Gasteiger partial charge in [0.15, 0.2) is 22.9 Å². The second-order valence-electron chi connectivity index (χ2n) is 8.34. The lowest BCUT2D eigenvalue weighted by molar-refractivity contribution is -0.380. The number of rotatable bonds is 6. The van der Waals surface area contributed by atoms with Crippen LogP contribution in [0.2, 0.25) is 0 Å². The predicted molar refractivity (Wildman–Crippen MR) is 143 cm³/mol. The fourth-order valence-corrected chi connectivity index (χ4v) is 4.73. The zero-order valence-corrected chi connectivity index (χ0v) is 21.0. The molecule has 0 saturated heterocycles. The first kappa shape index (κ1) is 23.9. The molecule has 0 fully saturated rings. The van der Waals surface area contributed by atoms with Crippen molar-refractivity contribution < 1.29 is 14.1 Å². The summed E-state index contributed by atoms with van der Waals surface area (Å²) in [5.41, 5.74) is 3.32. The number of amides is 1. The Balaban J connectivity index is 1.50. The largest absolute Gasteiger partial charge is 0.441 e. The molecule has 0 saturated carbocycles. The van der Waals surface area contributed by atoms with Gasteiger partial charge in [-0.05, 0) is 42.5 Å². The van der Waals surface area contributed by atoms with Crippen molar-refractivity contribution in [2.45, 2.75) is 13.3 Å². The number of carbonyl (C=O) groups excluding carboxylic acids is 1. The van der Waals surface area contributed by atoms with E-state index in [0.717, 1.165) is 11.3 Å². The highest BCUT2D eigenvalue weighted by atomic mass is 32.1. The first-order valence-corrected chi connectivity index (χ1v) is 12.5. The Morgan fingerprint density at radius 1 is 1.18 bits per heavy atom. The highest BCUT2D eigenvalue weighted by molar-refractivity contribution is 7.17. The normalized spacial score (nSPS) is 11.1. The molecule has 1 amide bonds. The minimum atomic E-state index is -0.558. The summed E-state index contributed by atoms with van der Waals surface area (Å²) in [6.07, 6.45) is 2.16. The molecule has 13 heteroatoms. The molecule has 0 aliphatic carbocycles. The molecule has 0 aliphatic heterocycles. The number of hydrogen-bond acceptors (Lipinski definition) is 10. The van der Waals surface area contributed by atoms with E-state index in [-0.39, 0.29) is 21.5 Å². The van der Waals surface area contributed by atoms with Crippen molar-refractivity contribution in [3.8, 4) is 23.1 Å².